The molecular formula is C13H24N2O. The van der Waals surface area contributed by atoms with E-state index < -0.39 is 0 Å². The Balaban J connectivity index is 1.95. The molecule has 1 unspecified atom stereocenters. The highest BCUT2D eigenvalue weighted by molar-refractivity contribution is 5.79. The first-order valence-electron chi connectivity index (χ1n) is 6.64. The Morgan fingerprint density at radius 3 is 2.75 bits per heavy atom. The van der Waals surface area contributed by atoms with Crippen LogP contribution in [0, 0.1) is 11.3 Å². The Morgan fingerprint density at radius 1 is 1.44 bits per heavy atom. The van der Waals surface area contributed by atoms with Gasteiger partial charge in [0, 0.05) is 19.5 Å². The summed E-state index contributed by atoms with van der Waals surface area (Å²) in [6, 6.07) is 0. The summed E-state index contributed by atoms with van der Waals surface area (Å²) in [5.74, 6) is 1.03. The third-order valence-corrected chi connectivity index (χ3v) is 4.30. The summed E-state index contributed by atoms with van der Waals surface area (Å²) >= 11 is 0. The minimum Gasteiger partial charge on any atom is -0.342 e. The number of nitrogens with zero attached hydrogens (tertiary/aromatic N) is 1. The van der Waals surface area contributed by atoms with Gasteiger partial charge in [0.2, 0.25) is 5.91 Å². The smallest absolute Gasteiger partial charge is 0.223 e. The van der Waals surface area contributed by atoms with Crippen molar-refractivity contribution >= 4 is 5.91 Å². The first kappa shape index (κ1) is 11.9. The lowest BCUT2D eigenvalue weighted by Gasteiger charge is -2.33. The molecule has 16 heavy (non-hydrogen) atoms. The molecule has 2 aliphatic rings. The van der Waals surface area contributed by atoms with E-state index in [1.54, 1.807) is 0 Å². The van der Waals surface area contributed by atoms with E-state index >= 15 is 0 Å². The van der Waals surface area contributed by atoms with E-state index in [0.29, 0.717) is 17.2 Å². The van der Waals surface area contributed by atoms with E-state index in [-0.39, 0.29) is 0 Å². The van der Waals surface area contributed by atoms with Crippen molar-refractivity contribution in [1.82, 2.24) is 10.2 Å². The molecule has 2 fully saturated rings. The van der Waals surface area contributed by atoms with Gasteiger partial charge in [-0.25, -0.2) is 0 Å². The van der Waals surface area contributed by atoms with E-state index in [1.165, 1.54) is 19.3 Å². The molecule has 1 N–H and O–H groups in total. The van der Waals surface area contributed by atoms with Crippen LogP contribution in [0.4, 0.5) is 0 Å². The van der Waals surface area contributed by atoms with Gasteiger partial charge in [-0.15, -0.1) is 0 Å². The second-order valence-electron chi connectivity index (χ2n) is 5.71. The van der Waals surface area contributed by atoms with Crippen molar-refractivity contribution in [2.75, 3.05) is 26.2 Å². The molecule has 0 aromatic rings. The molecule has 2 heterocycles. The number of nitrogens with one attached hydrogen (secondary N) is 1. The maximum Gasteiger partial charge on any atom is 0.223 e. The summed E-state index contributed by atoms with van der Waals surface area (Å²) in [7, 11) is 0. The van der Waals surface area contributed by atoms with E-state index in [4.69, 9.17) is 0 Å². The van der Waals surface area contributed by atoms with Crippen molar-refractivity contribution in [3.63, 3.8) is 0 Å². The van der Waals surface area contributed by atoms with Crippen LogP contribution in [0.25, 0.3) is 0 Å². The Bertz CT molecular complexity index is 259. The summed E-state index contributed by atoms with van der Waals surface area (Å²) in [4.78, 5) is 14.1. The van der Waals surface area contributed by atoms with Crippen LogP contribution in [0.2, 0.25) is 0 Å². The van der Waals surface area contributed by atoms with Crippen molar-refractivity contribution in [2.24, 2.45) is 11.3 Å². The maximum atomic E-state index is 12.0. The highest BCUT2D eigenvalue weighted by Gasteiger charge is 2.43. The quantitative estimate of drug-likeness (QED) is 0.790. The van der Waals surface area contributed by atoms with Crippen LogP contribution in [0.15, 0.2) is 0 Å². The van der Waals surface area contributed by atoms with Crippen LogP contribution in [0.3, 0.4) is 0 Å². The molecular weight excluding hydrogens is 200 g/mol. The number of likely N-dealkylation sites (tertiary alicyclic amines) is 1. The zero-order valence-corrected chi connectivity index (χ0v) is 10.6. The Morgan fingerprint density at radius 2 is 2.12 bits per heavy atom. The van der Waals surface area contributed by atoms with E-state index in [2.05, 4.69) is 24.1 Å². The largest absolute Gasteiger partial charge is 0.342 e. The second kappa shape index (κ2) is 4.74. The fourth-order valence-corrected chi connectivity index (χ4v) is 2.95. The first-order valence-corrected chi connectivity index (χ1v) is 6.64. The number of rotatable bonds is 3. The fraction of sp³-hybridized carbons (Fsp3) is 0.923. The van der Waals surface area contributed by atoms with Gasteiger partial charge in [0.1, 0.15) is 0 Å². The molecule has 0 radical (unpaired) electrons. The van der Waals surface area contributed by atoms with Crippen LogP contribution in [0.1, 0.15) is 39.5 Å². The van der Waals surface area contributed by atoms with E-state index in [9.17, 15) is 4.79 Å². The fourth-order valence-electron chi connectivity index (χ4n) is 2.95. The molecule has 0 bridgehead atoms. The zero-order chi connectivity index (χ0) is 11.6. The first-order chi connectivity index (χ1) is 7.65. The van der Waals surface area contributed by atoms with Crippen molar-refractivity contribution < 1.29 is 4.79 Å². The van der Waals surface area contributed by atoms with Crippen molar-refractivity contribution in [3.8, 4) is 0 Å². The minimum atomic E-state index is 0.315. The average Bonchev–Trinajstić information content (AvgIpc) is 2.56. The van der Waals surface area contributed by atoms with Gasteiger partial charge in [0.05, 0.1) is 0 Å². The highest BCUT2D eigenvalue weighted by atomic mass is 16.2. The normalized spacial score (nSPS) is 26.4. The molecule has 1 atom stereocenters. The van der Waals surface area contributed by atoms with Gasteiger partial charge in [-0.1, -0.05) is 20.3 Å². The number of carbonyl (C=O) groups is 1. The SMILES string of the molecule is CCC(C)CN1CC2(CCNCC2)CC1=O. The van der Waals surface area contributed by atoms with Gasteiger partial charge in [-0.3, -0.25) is 4.79 Å². The number of hydrogen-bond donors (Lipinski definition) is 1. The average molecular weight is 224 g/mol. The van der Waals surface area contributed by atoms with E-state index in [1.807, 2.05) is 0 Å². The molecule has 92 valence electrons. The summed E-state index contributed by atoms with van der Waals surface area (Å²) in [6.45, 7) is 8.59. The third-order valence-electron chi connectivity index (χ3n) is 4.30. The molecule has 2 aliphatic heterocycles. The lowest BCUT2D eigenvalue weighted by molar-refractivity contribution is -0.128. The van der Waals surface area contributed by atoms with Gasteiger partial charge in [-0.2, -0.15) is 0 Å². The number of carbonyl (C=O) groups excluding carboxylic acids is 1. The molecule has 2 saturated heterocycles. The van der Waals surface area contributed by atoms with Gasteiger partial charge in [0.25, 0.3) is 0 Å². The summed E-state index contributed by atoms with van der Waals surface area (Å²) in [6.07, 6.45) is 4.31. The maximum absolute atomic E-state index is 12.0. The third kappa shape index (κ3) is 2.40. The van der Waals surface area contributed by atoms with E-state index in [0.717, 1.165) is 32.6 Å². The lowest BCUT2D eigenvalue weighted by Crippen LogP contribution is -2.39. The second-order valence-corrected chi connectivity index (χ2v) is 5.71. The van der Waals surface area contributed by atoms with Gasteiger partial charge in [-0.05, 0) is 37.3 Å². The molecule has 1 amide bonds. The number of hydrogen-bond acceptors (Lipinski definition) is 2. The van der Waals surface area contributed by atoms with Gasteiger partial charge in [0.15, 0.2) is 0 Å². The van der Waals surface area contributed by atoms with Gasteiger partial charge < -0.3 is 10.2 Å². The molecule has 2 rings (SSSR count). The minimum absolute atomic E-state index is 0.315. The highest BCUT2D eigenvalue weighted by Crippen LogP contribution is 2.39. The van der Waals surface area contributed by atoms with Crippen LogP contribution in [0.5, 0.6) is 0 Å². The van der Waals surface area contributed by atoms with Gasteiger partial charge >= 0.3 is 0 Å². The summed E-state index contributed by atoms with van der Waals surface area (Å²) < 4.78 is 0. The number of piperidine rings is 1. The van der Waals surface area contributed by atoms with Crippen molar-refractivity contribution in [3.05, 3.63) is 0 Å². The molecule has 1 spiro atoms. The monoisotopic (exact) mass is 224 g/mol. The molecule has 3 nitrogen and oxygen atoms in total. The lowest BCUT2D eigenvalue weighted by atomic mass is 9.78. The van der Waals surface area contributed by atoms with Crippen molar-refractivity contribution in [1.29, 1.82) is 0 Å². The number of amides is 1. The molecule has 0 saturated carbocycles. The Labute approximate surface area is 98.6 Å². The van der Waals surface area contributed by atoms with Crippen LogP contribution in [-0.4, -0.2) is 37.0 Å². The van der Waals surface area contributed by atoms with Crippen LogP contribution in [-0.2, 0) is 4.79 Å². The predicted molar refractivity (Wildman–Crippen MR) is 65.2 cm³/mol. The zero-order valence-electron chi connectivity index (χ0n) is 10.6. The summed E-state index contributed by atoms with van der Waals surface area (Å²) in [5.41, 5.74) is 0.315. The summed E-state index contributed by atoms with van der Waals surface area (Å²) in [5, 5.41) is 3.39. The Kier molecular flexibility index (Phi) is 3.53. The molecule has 0 aromatic carbocycles. The van der Waals surface area contributed by atoms with Crippen LogP contribution < -0.4 is 5.32 Å². The molecule has 0 aliphatic carbocycles. The predicted octanol–water partition coefficient (Wildman–Crippen LogP) is 1.63. The standard InChI is InChI=1S/C13H24N2O/c1-3-11(2)9-15-10-13(8-12(15)16)4-6-14-7-5-13/h11,14H,3-10H2,1-2H3. The molecule has 3 heteroatoms. The van der Waals surface area contributed by atoms with Crippen LogP contribution >= 0.6 is 0 Å². The topological polar surface area (TPSA) is 32.3 Å². The molecule has 0 aromatic heterocycles. The Hall–Kier alpha value is -0.570. The van der Waals surface area contributed by atoms with Crippen molar-refractivity contribution in [2.45, 2.75) is 39.5 Å².